The Balaban J connectivity index is 1.49. The summed E-state index contributed by atoms with van der Waals surface area (Å²) < 4.78 is 25.2. The van der Waals surface area contributed by atoms with Gasteiger partial charge >= 0.3 is 0 Å². The number of piperidine rings is 1. The number of benzene rings is 1. The van der Waals surface area contributed by atoms with Gasteiger partial charge in [0.1, 0.15) is 0 Å². The fourth-order valence-corrected chi connectivity index (χ4v) is 4.80. The Bertz CT molecular complexity index is 631. The van der Waals surface area contributed by atoms with Gasteiger partial charge in [-0.1, -0.05) is 29.8 Å². The van der Waals surface area contributed by atoms with Gasteiger partial charge in [-0.05, 0) is 55.8 Å². The van der Waals surface area contributed by atoms with E-state index in [0.29, 0.717) is 5.41 Å². The van der Waals surface area contributed by atoms with Crippen LogP contribution in [-0.4, -0.2) is 38.7 Å². The number of hydrogen-bond acceptors (Lipinski definition) is 3. The molecule has 1 aliphatic carbocycles. The number of likely N-dealkylation sites (tertiary alicyclic amines) is 1. The number of halogens is 1. The first-order valence-corrected chi connectivity index (χ1v) is 10.1. The molecule has 1 saturated carbocycles. The average molecular weight is 343 g/mol. The highest BCUT2D eigenvalue weighted by Crippen LogP contribution is 2.49. The number of nitrogens with one attached hydrogen (secondary N) is 1. The first-order valence-electron chi connectivity index (χ1n) is 7.78. The zero-order valence-electron chi connectivity index (χ0n) is 12.9. The Hall–Kier alpha value is -0.620. The third-order valence-corrected chi connectivity index (χ3v) is 6.14. The van der Waals surface area contributed by atoms with E-state index in [-0.39, 0.29) is 6.04 Å². The molecule has 3 rings (SSSR count). The highest BCUT2D eigenvalue weighted by atomic mass is 35.5. The minimum atomic E-state index is -3.07. The van der Waals surface area contributed by atoms with Crippen LogP contribution in [0.5, 0.6) is 0 Å². The van der Waals surface area contributed by atoms with E-state index in [1.54, 1.807) is 0 Å². The van der Waals surface area contributed by atoms with Crippen molar-refractivity contribution >= 4 is 21.6 Å². The topological polar surface area (TPSA) is 49.4 Å². The SMILES string of the molecule is CS(=O)(=O)NC1CC2(CCN(Cc3ccccc3Cl)CC2)C1. The van der Waals surface area contributed by atoms with Gasteiger partial charge in [0.25, 0.3) is 0 Å². The minimum Gasteiger partial charge on any atom is -0.299 e. The minimum absolute atomic E-state index is 0.144. The molecule has 1 heterocycles. The second-order valence-electron chi connectivity index (χ2n) is 6.86. The molecule has 22 heavy (non-hydrogen) atoms. The normalized spacial score (nSPS) is 22.6. The van der Waals surface area contributed by atoms with Crippen molar-refractivity contribution in [3.63, 3.8) is 0 Å². The third kappa shape index (κ3) is 3.82. The molecule has 0 radical (unpaired) electrons. The second kappa shape index (κ2) is 6.11. The van der Waals surface area contributed by atoms with Crippen molar-refractivity contribution in [2.24, 2.45) is 5.41 Å². The zero-order valence-corrected chi connectivity index (χ0v) is 14.5. The number of rotatable bonds is 4. The molecule has 0 amide bonds. The lowest BCUT2D eigenvalue weighted by molar-refractivity contribution is 0.0107. The molecule has 1 aliphatic heterocycles. The molecule has 4 nitrogen and oxygen atoms in total. The summed E-state index contributed by atoms with van der Waals surface area (Å²) in [6, 6.07) is 8.16. The molecule has 6 heteroatoms. The van der Waals surface area contributed by atoms with Crippen LogP contribution in [-0.2, 0) is 16.6 Å². The van der Waals surface area contributed by atoms with E-state index < -0.39 is 10.0 Å². The molecule has 1 aromatic rings. The van der Waals surface area contributed by atoms with Gasteiger partial charge in [-0.15, -0.1) is 0 Å². The van der Waals surface area contributed by atoms with Crippen LogP contribution in [0.25, 0.3) is 0 Å². The lowest BCUT2D eigenvalue weighted by Gasteiger charge is -2.52. The Morgan fingerprint density at radius 1 is 1.27 bits per heavy atom. The Morgan fingerprint density at radius 3 is 2.50 bits per heavy atom. The maximum Gasteiger partial charge on any atom is 0.208 e. The molecule has 0 unspecified atom stereocenters. The van der Waals surface area contributed by atoms with Crippen LogP contribution in [0.2, 0.25) is 5.02 Å². The van der Waals surface area contributed by atoms with Gasteiger partial charge in [0, 0.05) is 17.6 Å². The summed E-state index contributed by atoms with van der Waals surface area (Å²) in [7, 11) is -3.07. The quantitative estimate of drug-likeness (QED) is 0.915. The highest BCUT2D eigenvalue weighted by Gasteiger charge is 2.46. The highest BCUT2D eigenvalue weighted by molar-refractivity contribution is 7.88. The first-order chi connectivity index (χ1) is 10.4. The van der Waals surface area contributed by atoms with E-state index in [4.69, 9.17) is 11.6 Å². The van der Waals surface area contributed by atoms with Gasteiger partial charge in [-0.25, -0.2) is 13.1 Å². The van der Waals surface area contributed by atoms with Gasteiger partial charge < -0.3 is 0 Å². The van der Waals surface area contributed by atoms with E-state index in [1.165, 1.54) is 11.8 Å². The second-order valence-corrected chi connectivity index (χ2v) is 9.05. The van der Waals surface area contributed by atoms with Gasteiger partial charge in [0.2, 0.25) is 10.0 Å². The van der Waals surface area contributed by atoms with Crippen LogP contribution in [0.3, 0.4) is 0 Å². The summed E-state index contributed by atoms with van der Waals surface area (Å²) in [5.74, 6) is 0. The van der Waals surface area contributed by atoms with Crippen LogP contribution in [0.1, 0.15) is 31.2 Å². The zero-order chi connectivity index (χ0) is 15.8. The van der Waals surface area contributed by atoms with E-state index in [0.717, 1.165) is 50.3 Å². The van der Waals surface area contributed by atoms with Crippen molar-refractivity contribution in [3.05, 3.63) is 34.9 Å². The lowest BCUT2D eigenvalue weighted by Crippen LogP contribution is -2.54. The molecule has 1 N–H and O–H groups in total. The standard InChI is InChI=1S/C16H23ClN2O2S/c1-22(20,21)18-14-10-16(11-14)6-8-19(9-7-16)12-13-4-2-3-5-15(13)17/h2-5,14,18H,6-12H2,1H3. The fourth-order valence-electron chi connectivity index (χ4n) is 3.83. The molecule has 2 fully saturated rings. The Kier molecular flexibility index (Phi) is 4.52. The molecular weight excluding hydrogens is 320 g/mol. The van der Waals surface area contributed by atoms with Gasteiger partial charge in [-0.3, -0.25) is 4.90 Å². The summed E-state index contributed by atoms with van der Waals surface area (Å²) in [4.78, 5) is 2.45. The maximum atomic E-state index is 11.3. The van der Waals surface area contributed by atoms with Gasteiger partial charge in [-0.2, -0.15) is 0 Å². The van der Waals surface area contributed by atoms with Crippen molar-refractivity contribution in [3.8, 4) is 0 Å². The van der Waals surface area contributed by atoms with Gasteiger partial charge in [0.15, 0.2) is 0 Å². The molecule has 0 bridgehead atoms. The van der Waals surface area contributed by atoms with Crippen molar-refractivity contribution in [1.82, 2.24) is 9.62 Å². The first kappa shape index (κ1) is 16.2. The monoisotopic (exact) mass is 342 g/mol. The van der Waals surface area contributed by atoms with E-state index in [9.17, 15) is 8.42 Å². The average Bonchev–Trinajstić information content (AvgIpc) is 2.40. The fraction of sp³-hybridized carbons (Fsp3) is 0.625. The smallest absolute Gasteiger partial charge is 0.208 e. The van der Waals surface area contributed by atoms with Crippen LogP contribution in [0.15, 0.2) is 24.3 Å². The molecule has 1 aromatic carbocycles. The van der Waals surface area contributed by atoms with E-state index in [2.05, 4.69) is 15.7 Å². The summed E-state index contributed by atoms with van der Waals surface area (Å²) in [5.41, 5.74) is 1.55. The van der Waals surface area contributed by atoms with Crippen molar-refractivity contribution < 1.29 is 8.42 Å². The van der Waals surface area contributed by atoms with E-state index >= 15 is 0 Å². The van der Waals surface area contributed by atoms with Crippen LogP contribution in [0.4, 0.5) is 0 Å². The van der Waals surface area contributed by atoms with Crippen LogP contribution >= 0.6 is 11.6 Å². The predicted octanol–water partition coefficient (Wildman–Crippen LogP) is 2.63. The molecule has 0 aromatic heterocycles. The lowest BCUT2D eigenvalue weighted by atomic mass is 9.60. The van der Waals surface area contributed by atoms with Crippen LogP contribution in [0, 0.1) is 5.41 Å². The summed E-state index contributed by atoms with van der Waals surface area (Å²) >= 11 is 6.23. The summed E-state index contributed by atoms with van der Waals surface area (Å²) in [6.45, 7) is 3.04. The van der Waals surface area contributed by atoms with Crippen molar-refractivity contribution in [1.29, 1.82) is 0 Å². The Morgan fingerprint density at radius 2 is 1.91 bits per heavy atom. The molecule has 1 saturated heterocycles. The molecular formula is C16H23ClN2O2S. The predicted molar refractivity (Wildman–Crippen MR) is 89.4 cm³/mol. The maximum absolute atomic E-state index is 11.3. The summed E-state index contributed by atoms with van der Waals surface area (Å²) in [6.07, 6.45) is 5.52. The Labute approximate surface area is 137 Å². The molecule has 1 spiro atoms. The number of hydrogen-bond donors (Lipinski definition) is 1. The molecule has 0 atom stereocenters. The molecule has 2 aliphatic rings. The van der Waals surface area contributed by atoms with Crippen molar-refractivity contribution in [2.45, 2.75) is 38.3 Å². The van der Waals surface area contributed by atoms with Crippen LogP contribution < -0.4 is 4.72 Å². The third-order valence-electron chi connectivity index (χ3n) is 5.01. The molecule has 122 valence electrons. The number of nitrogens with zero attached hydrogens (tertiary/aromatic N) is 1. The van der Waals surface area contributed by atoms with E-state index in [1.807, 2.05) is 18.2 Å². The van der Waals surface area contributed by atoms with Crippen molar-refractivity contribution in [2.75, 3.05) is 19.3 Å². The largest absolute Gasteiger partial charge is 0.299 e. The van der Waals surface area contributed by atoms with Gasteiger partial charge in [0.05, 0.1) is 6.26 Å². The number of sulfonamides is 1. The summed E-state index contributed by atoms with van der Waals surface area (Å²) in [5, 5.41) is 0.837.